The zero-order valence-corrected chi connectivity index (χ0v) is 18.7. The highest BCUT2D eigenvalue weighted by molar-refractivity contribution is 9.10. The number of benzene rings is 3. The maximum atomic E-state index is 14.2. The predicted molar refractivity (Wildman–Crippen MR) is 128 cm³/mol. The second kappa shape index (κ2) is 10.2. The Hall–Kier alpha value is -3.58. The third-order valence-electron chi connectivity index (χ3n) is 4.68. The molecule has 162 valence electrons. The molecule has 0 aliphatic carbocycles. The summed E-state index contributed by atoms with van der Waals surface area (Å²) in [6.45, 7) is 0.693. The van der Waals surface area contributed by atoms with Gasteiger partial charge in [-0.3, -0.25) is 0 Å². The Bertz CT molecular complexity index is 1190. The van der Waals surface area contributed by atoms with E-state index in [-0.39, 0.29) is 5.69 Å². The Kier molecular flexibility index (Phi) is 6.87. The summed E-state index contributed by atoms with van der Waals surface area (Å²) in [6, 6.07) is 26.3. The molecule has 0 bridgehead atoms. The average Bonchev–Trinajstić information content (AvgIpc) is 2.84. The molecule has 4 aromatic rings. The number of hydrogen-bond donors (Lipinski definition) is 2. The van der Waals surface area contributed by atoms with Crippen LogP contribution in [0.3, 0.4) is 0 Å². The minimum Gasteiger partial charge on any atom is -0.473 e. The van der Waals surface area contributed by atoms with Crippen LogP contribution in [0, 0.1) is 5.82 Å². The zero-order chi connectivity index (χ0) is 22.3. The van der Waals surface area contributed by atoms with E-state index < -0.39 is 5.82 Å². The normalized spacial score (nSPS) is 10.6. The first-order valence-electron chi connectivity index (χ1n) is 9.95. The van der Waals surface area contributed by atoms with Crippen molar-refractivity contribution >= 4 is 33.0 Å². The summed E-state index contributed by atoms with van der Waals surface area (Å²) in [6.07, 6.45) is 0. The van der Waals surface area contributed by atoms with Crippen LogP contribution in [-0.2, 0) is 13.2 Å². The molecule has 7 heteroatoms. The molecule has 1 aromatic heterocycles. The fraction of sp³-hybridized carbons (Fsp3) is 0.0800. The van der Waals surface area contributed by atoms with E-state index in [1.807, 2.05) is 60.7 Å². The standard InChI is InChI=1S/C25H21BrFN3O2/c26-19-11-12-20(24(28)23(19)27)29-21-13-14-22(31-15-17-7-3-1-4-8-17)30-25(21)32-16-18-9-5-2-6-10-18/h1-14,29H,15-16,28H2. The number of aromatic nitrogens is 1. The van der Waals surface area contributed by atoms with Crippen molar-refractivity contribution in [3.05, 3.63) is 106 Å². The number of anilines is 3. The van der Waals surface area contributed by atoms with Gasteiger partial charge in [0.05, 0.1) is 15.8 Å². The molecular weight excluding hydrogens is 473 g/mol. The minimum atomic E-state index is -0.530. The molecule has 0 aliphatic rings. The van der Waals surface area contributed by atoms with Crippen molar-refractivity contribution in [2.45, 2.75) is 13.2 Å². The van der Waals surface area contributed by atoms with Crippen molar-refractivity contribution in [3.8, 4) is 11.8 Å². The largest absolute Gasteiger partial charge is 0.473 e. The van der Waals surface area contributed by atoms with Crippen LogP contribution in [0.2, 0.25) is 0 Å². The summed E-state index contributed by atoms with van der Waals surface area (Å²) in [5.41, 5.74) is 8.91. The fourth-order valence-electron chi connectivity index (χ4n) is 2.99. The molecular formula is C25H21BrFN3O2. The lowest BCUT2D eigenvalue weighted by Crippen LogP contribution is -2.05. The van der Waals surface area contributed by atoms with Crippen LogP contribution in [0.4, 0.5) is 21.5 Å². The molecule has 0 fully saturated rings. The fourth-order valence-corrected chi connectivity index (χ4v) is 3.33. The topological polar surface area (TPSA) is 69.4 Å². The molecule has 3 aromatic carbocycles. The highest BCUT2D eigenvalue weighted by atomic mass is 79.9. The molecule has 4 rings (SSSR count). The Labute approximate surface area is 194 Å². The van der Waals surface area contributed by atoms with Gasteiger partial charge in [0.2, 0.25) is 11.8 Å². The van der Waals surface area contributed by atoms with Gasteiger partial charge in [-0.15, -0.1) is 0 Å². The van der Waals surface area contributed by atoms with Gasteiger partial charge < -0.3 is 20.5 Å². The van der Waals surface area contributed by atoms with Crippen LogP contribution in [0.5, 0.6) is 11.8 Å². The summed E-state index contributed by atoms with van der Waals surface area (Å²) in [5, 5.41) is 3.12. The lowest BCUT2D eigenvalue weighted by molar-refractivity contribution is 0.269. The molecule has 1 heterocycles. The van der Waals surface area contributed by atoms with Crippen LogP contribution in [0.25, 0.3) is 0 Å². The van der Waals surface area contributed by atoms with E-state index in [0.717, 1.165) is 11.1 Å². The molecule has 0 saturated heterocycles. The monoisotopic (exact) mass is 493 g/mol. The van der Waals surface area contributed by atoms with Crippen LogP contribution >= 0.6 is 15.9 Å². The molecule has 0 aliphatic heterocycles. The first-order valence-corrected chi connectivity index (χ1v) is 10.7. The number of halogens is 2. The van der Waals surface area contributed by atoms with E-state index in [0.29, 0.717) is 40.8 Å². The Morgan fingerprint density at radius 2 is 1.38 bits per heavy atom. The average molecular weight is 494 g/mol. The number of ether oxygens (including phenoxy) is 2. The van der Waals surface area contributed by atoms with Gasteiger partial charge in [-0.1, -0.05) is 60.7 Å². The number of nitrogens with two attached hydrogens (primary N) is 1. The first-order chi connectivity index (χ1) is 15.6. The van der Waals surface area contributed by atoms with E-state index in [2.05, 4.69) is 26.2 Å². The number of rotatable bonds is 8. The lowest BCUT2D eigenvalue weighted by atomic mass is 10.2. The van der Waals surface area contributed by atoms with Gasteiger partial charge in [-0.25, -0.2) is 4.39 Å². The van der Waals surface area contributed by atoms with Gasteiger partial charge in [-0.05, 0) is 45.3 Å². The second-order valence-electron chi connectivity index (χ2n) is 7.00. The maximum absolute atomic E-state index is 14.2. The SMILES string of the molecule is Nc1c(Nc2ccc(OCc3ccccc3)nc2OCc2ccccc2)ccc(Br)c1F. The number of nitrogens with zero attached hydrogens (tertiary/aromatic N) is 1. The molecule has 0 unspecified atom stereocenters. The van der Waals surface area contributed by atoms with E-state index in [1.165, 1.54) is 0 Å². The Balaban J connectivity index is 1.58. The first kappa shape index (κ1) is 21.6. The number of nitrogen functional groups attached to an aromatic ring is 1. The van der Waals surface area contributed by atoms with Gasteiger partial charge in [0, 0.05) is 6.07 Å². The third kappa shape index (κ3) is 5.36. The van der Waals surface area contributed by atoms with Gasteiger partial charge in [0.1, 0.15) is 18.9 Å². The van der Waals surface area contributed by atoms with Crippen molar-refractivity contribution < 1.29 is 13.9 Å². The second-order valence-corrected chi connectivity index (χ2v) is 7.85. The van der Waals surface area contributed by atoms with Crippen molar-refractivity contribution in [2.24, 2.45) is 0 Å². The van der Waals surface area contributed by atoms with Crippen LogP contribution in [-0.4, -0.2) is 4.98 Å². The van der Waals surface area contributed by atoms with Crippen LogP contribution in [0.15, 0.2) is 89.4 Å². The molecule has 0 amide bonds. The van der Waals surface area contributed by atoms with Crippen molar-refractivity contribution in [1.82, 2.24) is 4.98 Å². The van der Waals surface area contributed by atoms with Crippen molar-refractivity contribution in [1.29, 1.82) is 0 Å². The van der Waals surface area contributed by atoms with Crippen LogP contribution in [0.1, 0.15) is 11.1 Å². The summed E-state index contributed by atoms with van der Waals surface area (Å²) in [4.78, 5) is 4.52. The maximum Gasteiger partial charge on any atom is 0.241 e. The summed E-state index contributed by atoms with van der Waals surface area (Å²) < 4.78 is 26.3. The zero-order valence-electron chi connectivity index (χ0n) is 17.1. The lowest BCUT2D eigenvalue weighted by Gasteiger charge is -2.16. The predicted octanol–water partition coefficient (Wildman–Crippen LogP) is 6.47. The van der Waals surface area contributed by atoms with Crippen molar-refractivity contribution in [3.63, 3.8) is 0 Å². The highest BCUT2D eigenvalue weighted by Gasteiger charge is 2.14. The molecule has 0 atom stereocenters. The van der Waals surface area contributed by atoms with Gasteiger partial charge in [-0.2, -0.15) is 4.98 Å². The molecule has 0 spiro atoms. The van der Waals surface area contributed by atoms with E-state index in [4.69, 9.17) is 15.2 Å². The van der Waals surface area contributed by atoms with Crippen molar-refractivity contribution in [2.75, 3.05) is 11.1 Å². The number of pyridine rings is 1. The quantitative estimate of drug-likeness (QED) is 0.275. The number of hydrogen-bond acceptors (Lipinski definition) is 5. The van der Waals surface area contributed by atoms with Gasteiger partial charge in [0.15, 0.2) is 5.82 Å². The highest BCUT2D eigenvalue weighted by Crippen LogP contribution is 2.34. The third-order valence-corrected chi connectivity index (χ3v) is 5.30. The summed E-state index contributed by atoms with van der Waals surface area (Å²) >= 11 is 3.14. The Morgan fingerprint density at radius 1 is 0.781 bits per heavy atom. The Morgan fingerprint density at radius 3 is 2.03 bits per heavy atom. The van der Waals surface area contributed by atoms with Gasteiger partial charge >= 0.3 is 0 Å². The molecule has 0 radical (unpaired) electrons. The van der Waals surface area contributed by atoms with E-state index in [1.54, 1.807) is 24.3 Å². The van der Waals surface area contributed by atoms with E-state index >= 15 is 0 Å². The molecule has 32 heavy (non-hydrogen) atoms. The van der Waals surface area contributed by atoms with E-state index in [9.17, 15) is 4.39 Å². The summed E-state index contributed by atoms with van der Waals surface area (Å²) in [7, 11) is 0. The minimum absolute atomic E-state index is 0.00205. The smallest absolute Gasteiger partial charge is 0.241 e. The summed E-state index contributed by atoms with van der Waals surface area (Å²) in [5.74, 6) is 0.206. The van der Waals surface area contributed by atoms with Crippen LogP contribution < -0.4 is 20.5 Å². The number of nitrogens with one attached hydrogen (secondary N) is 1. The molecule has 3 N–H and O–H groups in total. The molecule has 0 saturated carbocycles. The molecule has 5 nitrogen and oxygen atoms in total. The van der Waals surface area contributed by atoms with Gasteiger partial charge in [0.25, 0.3) is 0 Å².